The standard InChI is InChI=1S/C11H13NO/c1-2-4-11(13)7-6-10-5-3-8-12-9-10/h2-3,5,8-9H,1,4,6-7H2. The second kappa shape index (κ2) is 5.25. The molecule has 68 valence electrons. The zero-order valence-corrected chi connectivity index (χ0v) is 7.57. The SMILES string of the molecule is C=CCC(=O)CCc1cccnc1. The van der Waals surface area contributed by atoms with Crippen LogP contribution in [0.15, 0.2) is 37.2 Å². The third-order valence-electron chi connectivity index (χ3n) is 1.79. The van der Waals surface area contributed by atoms with Gasteiger partial charge in [-0.25, -0.2) is 0 Å². The number of rotatable bonds is 5. The number of Topliss-reactive ketones (excluding diaryl/α,β-unsaturated/α-hetero) is 1. The van der Waals surface area contributed by atoms with Crippen LogP contribution in [-0.4, -0.2) is 10.8 Å². The monoisotopic (exact) mass is 175 g/mol. The summed E-state index contributed by atoms with van der Waals surface area (Å²) in [6, 6.07) is 3.86. The molecule has 0 aliphatic rings. The van der Waals surface area contributed by atoms with E-state index in [1.807, 2.05) is 12.1 Å². The van der Waals surface area contributed by atoms with Crippen molar-refractivity contribution >= 4 is 5.78 Å². The van der Waals surface area contributed by atoms with Crippen LogP contribution in [0.4, 0.5) is 0 Å². The normalized spacial score (nSPS) is 9.54. The van der Waals surface area contributed by atoms with E-state index in [4.69, 9.17) is 0 Å². The summed E-state index contributed by atoms with van der Waals surface area (Å²) in [5.74, 6) is 0.235. The molecule has 0 spiro atoms. The lowest BCUT2D eigenvalue weighted by Crippen LogP contribution is -1.98. The first-order valence-corrected chi connectivity index (χ1v) is 4.34. The van der Waals surface area contributed by atoms with Crippen LogP contribution in [0, 0.1) is 0 Å². The molecule has 0 fully saturated rings. The van der Waals surface area contributed by atoms with Crippen LogP contribution in [0.3, 0.4) is 0 Å². The van der Waals surface area contributed by atoms with Gasteiger partial charge in [-0.3, -0.25) is 9.78 Å². The summed E-state index contributed by atoms with van der Waals surface area (Å²) >= 11 is 0. The summed E-state index contributed by atoms with van der Waals surface area (Å²) in [5, 5.41) is 0. The fourth-order valence-electron chi connectivity index (χ4n) is 1.09. The van der Waals surface area contributed by atoms with Crippen LogP contribution in [-0.2, 0) is 11.2 Å². The molecule has 0 amide bonds. The number of aromatic nitrogens is 1. The van der Waals surface area contributed by atoms with Crippen molar-refractivity contribution in [1.82, 2.24) is 4.98 Å². The van der Waals surface area contributed by atoms with Crippen molar-refractivity contribution in [2.75, 3.05) is 0 Å². The lowest BCUT2D eigenvalue weighted by atomic mass is 10.1. The van der Waals surface area contributed by atoms with E-state index >= 15 is 0 Å². The van der Waals surface area contributed by atoms with Gasteiger partial charge in [0, 0.05) is 25.2 Å². The zero-order valence-electron chi connectivity index (χ0n) is 7.57. The topological polar surface area (TPSA) is 30.0 Å². The number of nitrogens with zero attached hydrogens (tertiary/aromatic N) is 1. The summed E-state index contributed by atoms with van der Waals surface area (Å²) in [6.07, 6.45) is 7.00. The number of pyridine rings is 1. The number of carbonyl (C=O) groups is 1. The van der Waals surface area contributed by atoms with Gasteiger partial charge in [0.05, 0.1) is 0 Å². The number of aryl methyl sites for hydroxylation is 1. The number of carbonyl (C=O) groups excluding carboxylic acids is 1. The number of allylic oxidation sites excluding steroid dienone is 1. The molecule has 1 rings (SSSR count). The van der Waals surface area contributed by atoms with Gasteiger partial charge >= 0.3 is 0 Å². The quantitative estimate of drug-likeness (QED) is 0.642. The molecule has 2 heteroatoms. The Labute approximate surface area is 78.3 Å². The van der Waals surface area contributed by atoms with Gasteiger partial charge in [0.2, 0.25) is 0 Å². The van der Waals surface area contributed by atoms with Crippen LogP contribution in [0.1, 0.15) is 18.4 Å². The average molecular weight is 175 g/mol. The number of ketones is 1. The molecule has 0 saturated heterocycles. The van der Waals surface area contributed by atoms with Crippen molar-refractivity contribution in [3.63, 3.8) is 0 Å². The first-order valence-electron chi connectivity index (χ1n) is 4.34. The maximum absolute atomic E-state index is 11.1. The van der Waals surface area contributed by atoms with Gasteiger partial charge in [-0.1, -0.05) is 12.1 Å². The highest BCUT2D eigenvalue weighted by Gasteiger charge is 1.99. The van der Waals surface area contributed by atoms with E-state index in [9.17, 15) is 4.79 Å². The molecule has 0 aromatic carbocycles. The first kappa shape index (κ1) is 9.65. The molecule has 0 aliphatic carbocycles. The molecule has 0 radical (unpaired) electrons. The molecule has 1 heterocycles. The molecule has 1 aromatic rings. The Balaban J connectivity index is 2.35. The molecular weight excluding hydrogens is 162 g/mol. The minimum absolute atomic E-state index is 0.235. The molecule has 0 aliphatic heterocycles. The molecule has 1 aromatic heterocycles. The molecule has 0 bridgehead atoms. The Morgan fingerprint density at radius 3 is 3.08 bits per heavy atom. The second-order valence-corrected chi connectivity index (χ2v) is 2.89. The molecule has 0 saturated carbocycles. The van der Waals surface area contributed by atoms with Crippen molar-refractivity contribution in [3.05, 3.63) is 42.7 Å². The van der Waals surface area contributed by atoms with Crippen molar-refractivity contribution in [1.29, 1.82) is 0 Å². The molecular formula is C11H13NO. The van der Waals surface area contributed by atoms with Crippen LogP contribution < -0.4 is 0 Å². The van der Waals surface area contributed by atoms with E-state index in [-0.39, 0.29) is 5.78 Å². The Morgan fingerprint density at radius 1 is 1.62 bits per heavy atom. The fraction of sp³-hybridized carbons (Fsp3) is 0.273. The second-order valence-electron chi connectivity index (χ2n) is 2.89. The van der Waals surface area contributed by atoms with Crippen LogP contribution >= 0.6 is 0 Å². The highest BCUT2D eigenvalue weighted by molar-refractivity contribution is 5.79. The van der Waals surface area contributed by atoms with Gasteiger partial charge in [0.15, 0.2) is 0 Å². The highest BCUT2D eigenvalue weighted by Crippen LogP contribution is 2.02. The average Bonchev–Trinajstić information content (AvgIpc) is 2.17. The lowest BCUT2D eigenvalue weighted by molar-refractivity contribution is -0.118. The van der Waals surface area contributed by atoms with Gasteiger partial charge in [0.25, 0.3) is 0 Å². The van der Waals surface area contributed by atoms with E-state index in [0.717, 1.165) is 12.0 Å². The summed E-state index contributed by atoms with van der Waals surface area (Å²) in [7, 11) is 0. The minimum Gasteiger partial charge on any atom is -0.299 e. The molecule has 0 unspecified atom stereocenters. The fourth-order valence-corrected chi connectivity index (χ4v) is 1.09. The Bertz CT molecular complexity index is 279. The van der Waals surface area contributed by atoms with E-state index in [2.05, 4.69) is 11.6 Å². The predicted octanol–water partition coefficient (Wildman–Crippen LogP) is 2.16. The van der Waals surface area contributed by atoms with Gasteiger partial charge in [0.1, 0.15) is 5.78 Å². The van der Waals surface area contributed by atoms with E-state index < -0.39 is 0 Å². The lowest BCUT2D eigenvalue weighted by Gasteiger charge is -1.97. The Kier molecular flexibility index (Phi) is 3.89. The largest absolute Gasteiger partial charge is 0.299 e. The van der Waals surface area contributed by atoms with Gasteiger partial charge in [-0.15, -0.1) is 6.58 Å². The van der Waals surface area contributed by atoms with E-state index in [1.165, 1.54) is 0 Å². The molecule has 0 N–H and O–H groups in total. The van der Waals surface area contributed by atoms with E-state index in [0.29, 0.717) is 12.8 Å². The molecule has 13 heavy (non-hydrogen) atoms. The van der Waals surface area contributed by atoms with Crippen molar-refractivity contribution in [2.45, 2.75) is 19.3 Å². The van der Waals surface area contributed by atoms with Gasteiger partial charge < -0.3 is 0 Å². The number of hydrogen-bond donors (Lipinski definition) is 0. The predicted molar refractivity (Wildman–Crippen MR) is 52.4 cm³/mol. The highest BCUT2D eigenvalue weighted by atomic mass is 16.1. The maximum Gasteiger partial charge on any atom is 0.136 e. The van der Waals surface area contributed by atoms with Crippen LogP contribution in [0.5, 0.6) is 0 Å². The van der Waals surface area contributed by atoms with Gasteiger partial charge in [-0.05, 0) is 18.1 Å². The summed E-state index contributed by atoms with van der Waals surface area (Å²) in [6.45, 7) is 3.52. The summed E-state index contributed by atoms with van der Waals surface area (Å²) < 4.78 is 0. The smallest absolute Gasteiger partial charge is 0.136 e. The first-order chi connectivity index (χ1) is 6.33. The van der Waals surface area contributed by atoms with Crippen LogP contribution in [0.2, 0.25) is 0 Å². The van der Waals surface area contributed by atoms with Crippen LogP contribution in [0.25, 0.3) is 0 Å². The minimum atomic E-state index is 0.235. The Hall–Kier alpha value is -1.44. The van der Waals surface area contributed by atoms with Crippen molar-refractivity contribution in [3.8, 4) is 0 Å². The molecule has 0 atom stereocenters. The Morgan fingerprint density at radius 2 is 2.46 bits per heavy atom. The summed E-state index contributed by atoms with van der Waals surface area (Å²) in [5.41, 5.74) is 1.11. The third kappa shape index (κ3) is 3.65. The molecule has 2 nitrogen and oxygen atoms in total. The van der Waals surface area contributed by atoms with E-state index in [1.54, 1.807) is 18.5 Å². The van der Waals surface area contributed by atoms with Crippen molar-refractivity contribution < 1.29 is 4.79 Å². The zero-order chi connectivity index (χ0) is 9.52. The third-order valence-corrected chi connectivity index (χ3v) is 1.79. The summed E-state index contributed by atoms with van der Waals surface area (Å²) in [4.78, 5) is 15.1. The van der Waals surface area contributed by atoms with Gasteiger partial charge in [-0.2, -0.15) is 0 Å². The maximum atomic E-state index is 11.1. The number of hydrogen-bond acceptors (Lipinski definition) is 2. The van der Waals surface area contributed by atoms with Crippen molar-refractivity contribution in [2.24, 2.45) is 0 Å².